The van der Waals surface area contributed by atoms with Crippen LogP contribution in [0.3, 0.4) is 0 Å². The summed E-state index contributed by atoms with van der Waals surface area (Å²) >= 11 is 0. The zero-order valence-electron chi connectivity index (χ0n) is 13.3. The molecule has 18 heavy (non-hydrogen) atoms. The van der Waals surface area contributed by atoms with E-state index >= 15 is 0 Å². The highest BCUT2D eigenvalue weighted by molar-refractivity contribution is 6.78. The molecule has 1 unspecified atom stereocenters. The highest BCUT2D eigenvalue weighted by Crippen LogP contribution is 2.36. The van der Waals surface area contributed by atoms with Crippen LogP contribution in [0.4, 0.5) is 0 Å². The summed E-state index contributed by atoms with van der Waals surface area (Å²) in [5.74, 6) is 0. The van der Waals surface area contributed by atoms with E-state index in [0.29, 0.717) is 0 Å². The van der Waals surface area contributed by atoms with Crippen LogP contribution in [0.15, 0.2) is 0 Å². The minimum atomic E-state index is -0.694. The fraction of sp³-hybridized carbons (Fsp3) is 0.933. The topological polar surface area (TPSA) is 36.4 Å². The maximum Gasteiger partial charge on any atom is 0.245 e. The van der Waals surface area contributed by atoms with E-state index < -0.39 is 8.07 Å². The first-order valence-corrected chi connectivity index (χ1v) is 10.8. The molecule has 0 aromatic rings. The summed E-state index contributed by atoms with van der Waals surface area (Å²) in [6, 6.07) is 1.58. The standard InChI is InChI=1S/C8H18Si.C6H14.CH2N2/c1-8-6-4-5-7-9(8,2)3;1-3-5-6-4-2;1-3-2/h8H,4-7H2,1-3H3;3-6H2,1-2H3;1H2. The van der Waals surface area contributed by atoms with Crippen molar-refractivity contribution in [2.45, 2.75) is 90.4 Å². The maximum absolute atomic E-state index is 7.08. The van der Waals surface area contributed by atoms with Gasteiger partial charge >= 0.3 is 0 Å². The Kier molecular flexibility index (Phi) is 14.4. The van der Waals surface area contributed by atoms with E-state index in [1.54, 1.807) is 6.04 Å². The number of unbranched alkanes of at least 4 members (excludes halogenated alkanes) is 3. The summed E-state index contributed by atoms with van der Waals surface area (Å²) in [4.78, 5) is 2.25. The summed E-state index contributed by atoms with van der Waals surface area (Å²) in [5.41, 5.74) is 8.17. The van der Waals surface area contributed by atoms with E-state index in [0.717, 1.165) is 5.54 Å². The minimum Gasteiger partial charge on any atom is -0.362 e. The van der Waals surface area contributed by atoms with Gasteiger partial charge in [-0.25, -0.2) is 0 Å². The largest absolute Gasteiger partial charge is 0.362 e. The van der Waals surface area contributed by atoms with Crippen LogP contribution in [0.1, 0.15) is 65.7 Å². The van der Waals surface area contributed by atoms with E-state index in [1.165, 1.54) is 44.9 Å². The lowest BCUT2D eigenvalue weighted by Gasteiger charge is -2.34. The van der Waals surface area contributed by atoms with Crippen molar-refractivity contribution in [1.82, 2.24) is 0 Å². The Morgan fingerprint density at radius 2 is 1.61 bits per heavy atom. The summed E-state index contributed by atoms with van der Waals surface area (Å²) in [6.07, 6.45) is 10.1. The summed E-state index contributed by atoms with van der Waals surface area (Å²) in [5, 5.41) is 0. The van der Waals surface area contributed by atoms with Crippen LogP contribution in [0.25, 0.3) is 5.53 Å². The molecule has 0 aliphatic carbocycles. The van der Waals surface area contributed by atoms with Gasteiger partial charge in [-0.2, -0.15) is 4.79 Å². The Bertz CT molecular complexity index is 205. The Hall–Kier alpha value is -0.403. The molecule has 1 heterocycles. The summed E-state index contributed by atoms with van der Waals surface area (Å²) in [6.45, 7) is 14.7. The first kappa shape index (κ1) is 19.9. The van der Waals surface area contributed by atoms with Crippen molar-refractivity contribution < 1.29 is 4.79 Å². The predicted molar refractivity (Wildman–Crippen MR) is 86.1 cm³/mol. The molecule has 0 aromatic carbocycles. The monoisotopic (exact) mass is 270 g/mol. The molecule has 0 N–H and O–H groups in total. The van der Waals surface area contributed by atoms with Crippen LogP contribution in [-0.4, -0.2) is 19.6 Å². The van der Waals surface area contributed by atoms with Gasteiger partial charge in [0.25, 0.3) is 0 Å². The Morgan fingerprint density at radius 3 is 1.83 bits per heavy atom. The van der Waals surface area contributed by atoms with E-state index in [4.69, 9.17) is 5.53 Å². The van der Waals surface area contributed by atoms with E-state index in [-0.39, 0.29) is 0 Å². The average molecular weight is 271 g/mol. The molecule has 1 aliphatic rings. The van der Waals surface area contributed by atoms with Gasteiger partial charge in [-0.3, -0.25) is 0 Å². The highest BCUT2D eigenvalue weighted by Gasteiger charge is 2.30. The second-order valence-electron chi connectivity index (χ2n) is 5.98. The minimum absolute atomic E-state index is 0.694. The molecule has 2 nitrogen and oxygen atoms in total. The zero-order chi connectivity index (χ0) is 14.4. The van der Waals surface area contributed by atoms with Crippen LogP contribution in [-0.2, 0) is 0 Å². The first-order valence-electron chi connectivity index (χ1n) is 7.56. The van der Waals surface area contributed by atoms with Gasteiger partial charge in [0.2, 0.25) is 6.72 Å². The van der Waals surface area contributed by atoms with Crippen LogP contribution in [0.5, 0.6) is 0 Å². The number of rotatable bonds is 3. The molecule has 1 aliphatic heterocycles. The second-order valence-corrected chi connectivity index (χ2v) is 11.4. The smallest absolute Gasteiger partial charge is 0.245 e. The van der Waals surface area contributed by atoms with Crippen molar-refractivity contribution in [3.05, 3.63) is 5.53 Å². The Morgan fingerprint density at radius 1 is 1.17 bits per heavy atom. The molecule has 108 valence electrons. The van der Waals surface area contributed by atoms with Crippen molar-refractivity contribution in [2.75, 3.05) is 0 Å². The van der Waals surface area contributed by atoms with E-state index in [1.807, 2.05) is 0 Å². The van der Waals surface area contributed by atoms with Gasteiger partial charge in [0.1, 0.15) is 0 Å². The molecule has 0 saturated carbocycles. The average Bonchev–Trinajstić information content (AvgIpc) is 2.32. The molecular formula is C15H34N2Si. The third kappa shape index (κ3) is 12.1. The van der Waals surface area contributed by atoms with Crippen LogP contribution >= 0.6 is 0 Å². The van der Waals surface area contributed by atoms with Crippen molar-refractivity contribution in [3.63, 3.8) is 0 Å². The number of nitrogens with zero attached hydrogens (tertiary/aromatic N) is 2. The molecule has 0 bridgehead atoms. The fourth-order valence-electron chi connectivity index (χ4n) is 2.17. The lowest BCUT2D eigenvalue weighted by Crippen LogP contribution is -2.33. The van der Waals surface area contributed by atoms with Gasteiger partial charge < -0.3 is 5.53 Å². The molecule has 1 fully saturated rings. The van der Waals surface area contributed by atoms with Gasteiger partial charge in [-0.15, -0.1) is 0 Å². The molecule has 0 amide bonds. The van der Waals surface area contributed by atoms with Crippen molar-refractivity contribution in [2.24, 2.45) is 0 Å². The van der Waals surface area contributed by atoms with E-state index in [2.05, 4.69) is 45.4 Å². The van der Waals surface area contributed by atoms with Gasteiger partial charge in [0.05, 0.1) is 8.07 Å². The molecule has 1 saturated heterocycles. The number of hydrogen-bond donors (Lipinski definition) is 0. The van der Waals surface area contributed by atoms with Gasteiger partial charge in [-0.1, -0.05) is 84.9 Å². The maximum atomic E-state index is 7.08. The Balaban J connectivity index is 0. The predicted octanol–water partition coefficient (Wildman–Crippen LogP) is 5.77. The van der Waals surface area contributed by atoms with Crippen LogP contribution < -0.4 is 0 Å². The molecule has 3 heteroatoms. The van der Waals surface area contributed by atoms with Crippen LogP contribution in [0.2, 0.25) is 24.7 Å². The van der Waals surface area contributed by atoms with Gasteiger partial charge in [-0.05, 0) is 5.54 Å². The molecular weight excluding hydrogens is 236 g/mol. The third-order valence-electron chi connectivity index (χ3n) is 4.00. The summed E-state index contributed by atoms with van der Waals surface area (Å²) < 4.78 is 0. The quantitative estimate of drug-likeness (QED) is 0.205. The van der Waals surface area contributed by atoms with Crippen molar-refractivity contribution >= 4 is 14.8 Å². The normalized spacial score (nSPS) is 20.6. The molecule has 0 radical (unpaired) electrons. The van der Waals surface area contributed by atoms with E-state index in [9.17, 15) is 0 Å². The summed E-state index contributed by atoms with van der Waals surface area (Å²) in [7, 11) is -0.694. The molecule has 0 aromatic heterocycles. The third-order valence-corrected chi connectivity index (χ3v) is 8.60. The lowest BCUT2D eigenvalue weighted by atomic mass is 10.2. The first-order chi connectivity index (χ1) is 8.46. The fourth-order valence-corrected chi connectivity index (χ4v) is 4.81. The highest BCUT2D eigenvalue weighted by atomic mass is 28.3. The number of hydrogen-bond acceptors (Lipinski definition) is 0. The van der Waals surface area contributed by atoms with Gasteiger partial charge in [0, 0.05) is 0 Å². The van der Waals surface area contributed by atoms with Crippen molar-refractivity contribution in [1.29, 1.82) is 0 Å². The van der Waals surface area contributed by atoms with Gasteiger partial charge in [0.15, 0.2) is 0 Å². The second kappa shape index (κ2) is 13.0. The SMILES string of the molecule is C=[N+]=[N-].CC1CCCC[Si]1(C)C.CCCCCC. The lowest BCUT2D eigenvalue weighted by molar-refractivity contribution is 0.0110. The molecule has 1 rings (SSSR count). The Labute approximate surface area is 116 Å². The molecule has 1 atom stereocenters. The zero-order valence-corrected chi connectivity index (χ0v) is 14.3. The van der Waals surface area contributed by atoms with Crippen molar-refractivity contribution in [3.8, 4) is 0 Å². The molecule has 0 spiro atoms. The van der Waals surface area contributed by atoms with Crippen LogP contribution in [0, 0.1) is 0 Å².